The molecule has 16 nitrogen and oxygen atoms in total. The van der Waals surface area contributed by atoms with Gasteiger partial charge in [-0.2, -0.15) is 0 Å². The van der Waals surface area contributed by atoms with Crippen LogP contribution in [-0.4, -0.2) is 104 Å². The van der Waals surface area contributed by atoms with Gasteiger partial charge in [-0.05, 0) is 52.6 Å². The second-order valence-corrected chi connectivity index (χ2v) is 20.3. The average molecular weight is 943 g/mol. The van der Waals surface area contributed by atoms with Gasteiger partial charge in [-0.1, -0.05) is 96.1 Å². The van der Waals surface area contributed by atoms with Crippen LogP contribution in [0.4, 0.5) is 0 Å². The lowest BCUT2D eigenvalue weighted by molar-refractivity contribution is -0.136. The predicted octanol–water partition coefficient (Wildman–Crippen LogP) is 4.08. The van der Waals surface area contributed by atoms with Crippen molar-refractivity contribution in [3.05, 3.63) is 108 Å². The number of aromatic amines is 3. The summed E-state index contributed by atoms with van der Waals surface area (Å²) in [6.07, 6.45) is 5.63. The van der Waals surface area contributed by atoms with Gasteiger partial charge < -0.3 is 46.9 Å². The SMILES string of the molecule is CC(C)[C@@H]1NC(=O)[C@@H](Cc2c[nH]c3ccccc23)NC(=O)[C@H](C(C)C)NC(=O)[C@@H](Cc2c[nH]c3ccccc23)NC(=O)[C@H](Cc2c[nH]c3ccccc23)NC(=O)[C@@H](C(C)C)NC(=O)[C@@H]2CSC1N2. The van der Waals surface area contributed by atoms with Crippen molar-refractivity contribution in [1.29, 1.82) is 0 Å². The standard InChI is InChI=1S/C51H62N10O6S/c1-26(2)42-49(66)57-40(21-31-24-54-37-18-12-9-15-34(31)37)47(64)61-44(28(5)6)51-58-41(25-68-51)48(65)60-43(27(3)4)50(67)56-38(19-29-22-52-35-16-10-7-13-32(29)35)45(62)55-39(46(63)59-42)20-30-23-53-36-17-11-8-14-33(30)36/h7-18,22-24,26-28,38-44,51-54,58H,19-21,25H2,1-6H3,(H,55,62)(H,56,67)(H,57,66)(H,59,63)(H,60,65)(H,61,64)/t38-,39+,40+,41-,42-,43+,44-,51?/m0/s1. The van der Waals surface area contributed by atoms with E-state index in [9.17, 15) is 28.8 Å². The van der Waals surface area contributed by atoms with Crippen LogP contribution in [0.5, 0.6) is 0 Å². The lowest BCUT2D eigenvalue weighted by atomic mass is 9.98. The second kappa shape index (κ2) is 20.7. The lowest BCUT2D eigenvalue weighted by Gasteiger charge is -2.31. The fraction of sp³-hybridized carbons (Fsp3) is 0.412. The molecule has 0 saturated carbocycles. The van der Waals surface area contributed by atoms with Gasteiger partial charge >= 0.3 is 0 Å². The number of carbonyl (C=O) groups excluding carboxylic acids is 6. The second-order valence-electron chi connectivity index (χ2n) is 19.1. The van der Waals surface area contributed by atoms with Crippen molar-refractivity contribution < 1.29 is 28.8 Å². The molecule has 68 heavy (non-hydrogen) atoms. The Kier molecular flexibility index (Phi) is 14.6. The maximum absolute atomic E-state index is 14.9. The van der Waals surface area contributed by atoms with E-state index in [-0.39, 0.29) is 36.5 Å². The number of aromatic nitrogens is 3. The molecule has 358 valence electrons. The van der Waals surface area contributed by atoms with Gasteiger partial charge in [0.15, 0.2) is 0 Å². The summed E-state index contributed by atoms with van der Waals surface area (Å²) >= 11 is 1.49. The third kappa shape index (κ3) is 10.6. The number of benzene rings is 3. The molecule has 8 rings (SSSR count). The molecule has 2 fully saturated rings. The highest BCUT2D eigenvalue weighted by Gasteiger charge is 2.41. The van der Waals surface area contributed by atoms with Gasteiger partial charge in [0.25, 0.3) is 0 Å². The number of thioether (sulfide) groups is 1. The van der Waals surface area contributed by atoms with Gasteiger partial charge in [0, 0.05) is 76.3 Å². The highest BCUT2D eigenvalue weighted by molar-refractivity contribution is 8.00. The van der Waals surface area contributed by atoms with Crippen LogP contribution in [0.15, 0.2) is 91.4 Å². The molecule has 0 spiro atoms. The molecular weight excluding hydrogens is 881 g/mol. The number of H-pyrrole nitrogens is 3. The van der Waals surface area contributed by atoms with E-state index >= 15 is 0 Å². The summed E-state index contributed by atoms with van der Waals surface area (Å²) in [6.45, 7) is 11.2. The summed E-state index contributed by atoms with van der Waals surface area (Å²) in [6, 6.07) is 16.1. The average Bonchev–Trinajstić information content (AvgIpc) is 4.14. The zero-order valence-corrected chi connectivity index (χ0v) is 40.0. The fourth-order valence-corrected chi connectivity index (χ4v) is 10.8. The molecule has 10 N–H and O–H groups in total. The number of rotatable bonds is 9. The van der Waals surface area contributed by atoms with Crippen LogP contribution in [0.2, 0.25) is 0 Å². The van der Waals surface area contributed by atoms with Crippen LogP contribution in [0.1, 0.15) is 58.2 Å². The smallest absolute Gasteiger partial charge is 0.243 e. The largest absolute Gasteiger partial charge is 0.361 e. The van der Waals surface area contributed by atoms with Gasteiger partial charge in [-0.15, -0.1) is 11.8 Å². The monoisotopic (exact) mass is 942 g/mol. The Balaban J connectivity index is 1.18. The molecule has 8 atom stereocenters. The Labute approximate surface area is 399 Å². The van der Waals surface area contributed by atoms with Crippen molar-refractivity contribution in [2.45, 2.75) is 108 Å². The van der Waals surface area contributed by atoms with Crippen LogP contribution >= 0.6 is 11.8 Å². The molecule has 3 aromatic heterocycles. The molecule has 3 aromatic carbocycles. The van der Waals surface area contributed by atoms with Gasteiger partial charge in [-0.25, -0.2) is 0 Å². The third-order valence-corrected chi connectivity index (χ3v) is 14.5. The van der Waals surface area contributed by atoms with Crippen LogP contribution in [-0.2, 0) is 48.0 Å². The van der Waals surface area contributed by atoms with Gasteiger partial charge in [0.1, 0.15) is 30.2 Å². The molecule has 17 heteroatoms. The Morgan fingerprint density at radius 1 is 0.456 bits per heavy atom. The first kappa shape index (κ1) is 47.9. The molecule has 2 bridgehead atoms. The van der Waals surface area contributed by atoms with Gasteiger partial charge in [0.2, 0.25) is 35.4 Å². The predicted molar refractivity (Wildman–Crippen MR) is 265 cm³/mol. The minimum Gasteiger partial charge on any atom is -0.361 e. The highest BCUT2D eigenvalue weighted by Crippen LogP contribution is 2.27. The van der Waals surface area contributed by atoms with E-state index in [1.807, 2.05) is 107 Å². The quantitative estimate of drug-likeness (QED) is 0.101. The topological polar surface area (TPSA) is 234 Å². The first-order valence-corrected chi connectivity index (χ1v) is 24.5. The minimum absolute atomic E-state index is 0.0300. The van der Waals surface area contributed by atoms with Gasteiger partial charge in [0.05, 0.1) is 17.5 Å². The van der Waals surface area contributed by atoms with Crippen LogP contribution in [0, 0.1) is 17.8 Å². The molecule has 0 radical (unpaired) electrons. The number of nitrogens with one attached hydrogen (secondary N) is 10. The lowest BCUT2D eigenvalue weighted by Crippen LogP contribution is -2.61. The summed E-state index contributed by atoms with van der Waals surface area (Å²) in [5, 5.41) is 23.7. The van der Waals surface area contributed by atoms with E-state index in [2.05, 4.69) is 52.2 Å². The van der Waals surface area contributed by atoms with E-state index in [0.717, 1.165) is 49.4 Å². The molecule has 6 aromatic rings. The fourth-order valence-electron chi connectivity index (χ4n) is 9.27. The Morgan fingerprint density at radius 3 is 1.24 bits per heavy atom. The number of fused-ring (bicyclic) bond motifs is 5. The van der Waals surface area contributed by atoms with Crippen molar-refractivity contribution in [3.63, 3.8) is 0 Å². The summed E-state index contributed by atoms with van der Waals surface area (Å²) < 4.78 is 0. The summed E-state index contributed by atoms with van der Waals surface area (Å²) in [5.74, 6) is -3.80. The molecule has 0 aliphatic carbocycles. The van der Waals surface area contributed by atoms with E-state index in [0.29, 0.717) is 5.75 Å². The normalized spacial score (nSPS) is 25.0. The van der Waals surface area contributed by atoms with Crippen LogP contribution in [0.3, 0.4) is 0 Å². The zero-order valence-electron chi connectivity index (χ0n) is 39.2. The Morgan fingerprint density at radius 2 is 0.824 bits per heavy atom. The number of para-hydroxylation sites is 3. The van der Waals surface area contributed by atoms with E-state index in [1.54, 1.807) is 26.2 Å². The summed E-state index contributed by atoms with van der Waals surface area (Å²) in [7, 11) is 0. The number of hydrogen-bond donors (Lipinski definition) is 10. The third-order valence-electron chi connectivity index (χ3n) is 13.2. The van der Waals surface area contributed by atoms with Crippen molar-refractivity contribution in [2.24, 2.45) is 17.8 Å². The number of carbonyl (C=O) groups is 6. The number of hydrogen-bond acceptors (Lipinski definition) is 8. The minimum atomic E-state index is -1.23. The van der Waals surface area contributed by atoms with Gasteiger partial charge in [-0.3, -0.25) is 34.1 Å². The molecular formula is C51H62N10O6S. The Bertz CT molecular complexity index is 2810. The molecule has 5 heterocycles. The van der Waals surface area contributed by atoms with Crippen molar-refractivity contribution in [1.82, 2.24) is 52.2 Å². The van der Waals surface area contributed by atoms with Crippen molar-refractivity contribution >= 4 is 79.9 Å². The van der Waals surface area contributed by atoms with E-state index in [4.69, 9.17) is 0 Å². The van der Waals surface area contributed by atoms with E-state index in [1.165, 1.54) is 11.8 Å². The van der Waals surface area contributed by atoms with Crippen molar-refractivity contribution in [2.75, 3.05) is 5.75 Å². The molecule has 1 unspecified atom stereocenters. The number of amides is 6. The van der Waals surface area contributed by atoms with Crippen LogP contribution < -0.4 is 37.2 Å². The summed E-state index contributed by atoms with van der Waals surface area (Å²) in [5.41, 5.74) is 4.88. The molecule has 6 amide bonds. The maximum Gasteiger partial charge on any atom is 0.243 e. The van der Waals surface area contributed by atoms with Crippen LogP contribution in [0.25, 0.3) is 32.7 Å². The zero-order chi connectivity index (χ0) is 48.2. The van der Waals surface area contributed by atoms with E-state index < -0.39 is 83.7 Å². The Hall–Kier alpha value is -6.59. The highest BCUT2D eigenvalue weighted by atomic mass is 32.2. The molecule has 2 saturated heterocycles. The molecule has 2 aliphatic rings. The maximum atomic E-state index is 14.9. The first-order valence-electron chi connectivity index (χ1n) is 23.5. The summed E-state index contributed by atoms with van der Waals surface area (Å²) in [4.78, 5) is 97.3. The molecule has 2 aliphatic heterocycles. The first-order chi connectivity index (χ1) is 32.6. The van der Waals surface area contributed by atoms with Crippen molar-refractivity contribution in [3.8, 4) is 0 Å².